The van der Waals surface area contributed by atoms with Gasteiger partial charge in [0.1, 0.15) is 10.7 Å². The van der Waals surface area contributed by atoms with Crippen LogP contribution in [-0.4, -0.2) is 31.1 Å². The van der Waals surface area contributed by atoms with E-state index in [4.69, 9.17) is 0 Å². The number of carbonyl (C=O) groups is 1. The van der Waals surface area contributed by atoms with Crippen LogP contribution < -0.4 is 10.6 Å². The fraction of sp³-hybridized carbons (Fsp3) is 0.0455. The Morgan fingerprint density at radius 3 is 2.87 bits per heavy atom. The number of carbonyl (C=O) groups excluding carboxylic acids is 1. The summed E-state index contributed by atoms with van der Waals surface area (Å²) in [7, 11) is 0. The Bertz CT molecular complexity index is 1380. The second-order valence-corrected chi connectivity index (χ2v) is 7.88. The fourth-order valence-electron chi connectivity index (χ4n) is 3.19. The van der Waals surface area contributed by atoms with Crippen LogP contribution in [0.15, 0.2) is 67.3 Å². The highest BCUT2D eigenvalue weighted by Gasteiger charge is 2.15. The van der Waals surface area contributed by atoms with Crippen LogP contribution in [0.3, 0.4) is 0 Å². The molecule has 5 rings (SSSR count). The standard InChI is InChI=1S/C22H17N7OS/c1-13-7-8-17-15(11-25-29-17)20(13)28-21(30)18-12-24-22(31-18)27-19-6-2-5-16(26-19)14-4-3-9-23-10-14/h2-12H,1H3,(H,25,29)(H,28,30)(H,24,26,27). The molecule has 1 amide bonds. The Kier molecular flexibility index (Phi) is 4.85. The average molecular weight is 427 g/mol. The maximum absolute atomic E-state index is 12.8. The molecule has 5 aromatic rings. The predicted octanol–water partition coefficient (Wildman–Crippen LogP) is 4.78. The molecule has 4 aromatic heterocycles. The van der Waals surface area contributed by atoms with Crippen LogP contribution in [0.2, 0.25) is 0 Å². The maximum atomic E-state index is 12.8. The number of aryl methyl sites for hydroxylation is 1. The first-order valence-electron chi connectivity index (χ1n) is 9.52. The van der Waals surface area contributed by atoms with E-state index < -0.39 is 0 Å². The minimum Gasteiger partial charge on any atom is -0.320 e. The van der Waals surface area contributed by atoms with Crippen molar-refractivity contribution in [2.24, 2.45) is 0 Å². The molecule has 0 fully saturated rings. The Hall–Kier alpha value is -4.11. The Morgan fingerprint density at radius 1 is 1.06 bits per heavy atom. The maximum Gasteiger partial charge on any atom is 0.267 e. The first-order valence-corrected chi connectivity index (χ1v) is 10.3. The van der Waals surface area contributed by atoms with Crippen LogP contribution in [0.4, 0.5) is 16.6 Å². The minimum absolute atomic E-state index is 0.223. The van der Waals surface area contributed by atoms with Gasteiger partial charge >= 0.3 is 0 Å². The van der Waals surface area contributed by atoms with Gasteiger partial charge in [-0.1, -0.05) is 23.5 Å². The van der Waals surface area contributed by atoms with Crippen molar-refractivity contribution in [1.82, 2.24) is 25.1 Å². The molecule has 0 spiro atoms. The summed E-state index contributed by atoms with van der Waals surface area (Å²) in [5, 5.41) is 14.6. The zero-order chi connectivity index (χ0) is 21.2. The number of fused-ring (bicyclic) bond motifs is 1. The number of pyridine rings is 2. The summed E-state index contributed by atoms with van der Waals surface area (Å²) in [5.41, 5.74) is 4.30. The van der Waals surface area contributed by atoms with Crippen molar-refractivity contribution >= 4 is 44.8 Å². The van der Waals surface area contributed by atoms with Gasteiger partial charge in [0.25, 0.3) is 5.91 Å². The average Bonchev–Trinajstić information content (AvgIpc) is 3.46. The molecule has 1 aromatic carbocycles. The monoisotopic (exact) mass is 427 g/mol. The number of rotatable bonds is 5. The van der Waals surface area contributed by atoms with Gasteiger partial charge in [-0.2, -0.15) is 5.10 Å². The van der Waals surface area contributed by atoms with Gasteiger partial charge in [-0.05, 0) is 42.8 Å². The van der Waals surface area contributed by atoms with Crippen molar-refractivity contribution in [1.29, 1.82) is 0 Å². The van der Waals surface area contributed by atoms with Crippen LogP contribution in [0.5, 0.6) is 0 Å². The number of hydrogen-bond acceptors (Lipinski definition) is 7. The molecule has 8 nitrogen and oxygen atoms in total. The molecule has 0 aliphatic heterocycles. The van der Waals surface area contributed by atoms with E-state index in [2.05, 4.69) is 35.8 Å². The van der Waals surface area contributed by atoms with Crippen LogP contribution >= 0.6 is 11.3 Å². The number of nitrogens with zero attached hydrogens (tertiary/aromatic N) is 4. The van der Waals surface area contributed by atoms with Gasteiger partial charge in [0.2, 0.25) is 0 Å². The number of benzene rings is 1. The van der Waals surface area contributed by atoms with Crippen molar-refractivity contribution in [3.05, 3.63) is 77.7 Å². The van der Waals surface area contributed by atoms with Gasteiger partial charge < -0.3 is 10.6 Å². The van der Waals surface area contributed by atoms with E-state index in [1.54, 1.807) is 24.8 Å². The molecule has 0 unspecified atom stereocenters. The number of aromatic nitrogens is 5. The van der Waals surface area contributed by atoms with Crippen LogP contribution in [0, 0.1) is 6.92 Å². The summed E-state index contributed by atoms with van der Waals surface area (Å²) < 4.78 is 0. The van der Waals surface area contributed by atoms with E-state index in [9.17, 15) is 4.79 Å². The summed E-state index contributed by atoms with van der Waals surface area (Å²) in [5.74, 6) is 0.418. The summed E-state index contributed by atoms with van der Waals surface area (Å²) >= 11 is 1.26. The Morgan fingerprint density at radius 2 is 2.00 bits per heavy atom. The van der Waals surface area contributed by atoms with Crippen molar-refractivity contribution < 1.29 is 4.79 Å². The molecule has 0 aliphatic rings. The van der Waals surface area contributed by atoms with Gasteiger partial charge in [-0.3, -0.25) is 14.9 Å². The van der Waals surface area contributed by atoms with Gasteiger partial charge in [-0.15, -0.1) is 0 Å². The molecule has 3 N–H and O–H groups in total. The minimum atomic E-state index is -0.223. The SMILES string of the molecule is Cc1ccc2[nH]ncc2c1NC(=O)c1cnc(Nc2cccc(-c3cccnc3)n2)s1. The second-order valence-electron chi connectivity index (χ2n) is 6.85. The molecule has 0 bridgehead atoms. The molecular formula is C22H17N7OS. The predicted molar refractivity (Wildman–Crippen MR) is 122 cm³/mol. The summed E-state index contributed by atoms with van der Waals surface area (Å²) in [6, 6.07) is 13.4. The van der Waals surface area contributed by atoms with Crippen molar-refractivity contribution in [3.8, 4) is 11.3 Å². The lowest BCUT2D eigenvalue weighted by atomic mass is 10.1. The summed E-state index contributed by atoms with van der Waals surface area (Å²) in [6.45, 7) is 1.95. The number of nitrogens with one attached hydrogen (secondary N) is 3. The second kappa shape index (κ2) is 7.96. The number of H-pyrrole nitrogens is 1. The van der Waals surface area contributed by atoms with Crippen LogP contribution in [-0.2, 0) is 0 Å². The molecule has 0 radical (unpaired) electrons. The summed E-state index contributed by atoms with van der Waals surface area (Å²) in [4.78, 5) is 26.4. The highest BCUT2D eigenvalue weighted by atomic mass is 32.1. The third-order valence-corrected chi connectivity index (χ3v) is 5.65. The van der Waals surface area contributed by atoms with Gasteiger partial charge in [0.05, 0.1) is 29.3 Å². The quantitative estimate of drug-likeness (QED) is 0.372. The van der Waals surface area contributed by atoms with Crippen LogP contribution in [0.25, 0.3) is 22.2 Å². The molecule has 31 heavy (non-hydrogen) atoms. The zero-order valence-corrected chi connectivity index (χ0v) is 17.3. The van der Waals surface area contributed by atoms with Crippen molar-refractivity contribution in [2.75, 3.05) is 10.6 Å². The molecule has 0 saturated heterocycles. The third kappa shape index (κ3) is 3.86. The highest BCUT2D eigenvalue weighted by Crippen LogP contribution is 2.28. The topological polar surface area (TPSA) is 108 Å². The van der Waals surface area contributed by atoms with Gasteiger partial charge in [0, 0.05) is 23.3 Å². The van der Waals surface area contributed by atoms with E-state index in [0.717, 1.165) is 33.4 Å². The van der Waals surface area contributed by atoms with Gasteiger partial charge in [0.15, 0.2) is 5.13 Å². The molecular weight excluding hydrogens is 410 g/mol. The molecule has 152 valence electrons. The molecule has 0 atom stereocenters. The van der Waals surface area contributed by atoms with Gasteiger partial charge in [-0.25, -0.2) is 9.97 Å². The van der Waals surface area contributed by atoms with E-state index in [0.29, 0.717) is 15.8 Å². The number of thiazole rings is 1. The number of hydrogen-bond donors (Lipinski definition) is 3. The lowest BCUT2D eigenvalue weighted by Gasteiger charge is -2.08. The number of amides is 1. The van der Waals surface area contributed by atoms with Crippen molar-refractivity contribution in [2.45, 2.75) is 6.92 Å². The van der Waals surface area contributed by atoms with E-state index in [-0.39, 0.29) is 5.91 Å². The van der Waals surface area contributed by atoms with E-state index in [1.807, 2.05) is 49.4 Å². The lowest BCUT2D eigenvalue weighted by Crippen LogP contribution is -2.11. The molecule has 0 aliphatic carbocycles. The number of anilines is 3. The first-order chi connectivity index (χ1) is 15.2. The largest absolute Gasteiger partial charge is 0.320 e. The fourth-order valence-corrected chi connectivity index (χ4v) is 3.91. The van der Waals surface area contributed by atoms with Crippen LogP contribution in [0.1, 0.15) is 15.2 Å². The van der Waals surface area contributed by atoms with E-state index in [1.165, 1.54) is 11.3 Å². The third-order valence-electron chi connectivity index (χ3n) is 4.74. The Labute approximate surface area is 181 Å². The Balaban J connectivity index is 1.34. The van der Waals surface area contributed by atoms with Crippen molar-refractivity contribution in [3.63, 3.8) is 0 Å². The zero-order valence-electron chi connectivity index (χ0n) is 16.5. The smallest absolute Gasteiger partial charge is 0.267 e. The number of aromatic amines is 1. The molecule has 9 heteroatoms. The molecule has 0 saturated carbocycles. The lowest BCUT2D eigenvalue weighted by molar-refractivity contribution is 0.103. The molecule has 4 heterocycles. The normalized spacial score (nSPS) is 10.9. The first kappa shape index (κ1) is 18.9. The van der Waals surface area contributed by atoms with E-state index >= 15 is 0 Å². The highest BCUT2D eigenvalue weighted by molar-refractivity contribution is 7.17. The summed E-state index contributed by atoms with van der Waals surface area (Å²) in [6.07, 6.45) is 6.75.